The first-order valence-corrected chi connectivity index (χ1v) is 21.0. The van der Waals surface area contributed by atoms with Gasteiger partial charge in [-0.2, -0.15) is 0 Å². The molecule has 4 aliphatic carbocycles. The van der Waals surface area contributed by atoms with Crippen LogP contribution in [0.1, 0.15) is 144 Å². The second-order valence-electron chi connectivity index (χ2n) is 17.1. The smallest absolute Gasteiger partial charge is 0.870 e. The Morgan fingerprint density at radius 1 is 0.717 bits per heavy atom. The first-order chi connectivity index (χ1) is 24.6. The van der Waals surface area contributed by atoms with E-state index in [-0.39, 0.29) is 87.2 Å². The molecule has 0 amide bonds. The van der Waals surface area contributed by atoms with Crippen molar-refractivity contribution >= 4 is 5.97 Å². The summed E-state index contributed by atoms with van der Waals surface area (Å²) in [7, 11) is 0. The van der Waals surface area contributed by atoms with Crippen molar-refractivity contribution in [2.45, 2.75) is 175 Å². The van der Waals surface area contributed by atoms with Crippen LogP contribution in [0.3, 0.4) is 0 Å². The molecule has 7 heteroatoms. The number of aliphatic hydroxyl groups is 3. The van der Waals surface area contributed by atoms with E-state index in [0.29, 0.717) is 35.5 Å². The van der Waals surface area contributed by atoms with Crippen molar-refractivity contribution in [2.75, 3.05) is 0 Å². The number of unbranched alkanes of at least 4 members (excludes halogenated alkanes) is 4. The molecule has 4 aliphatic rings. The van der Waals surface area contributed by atoms with Gasteiger partial charge < -0.3 is 25.5 Å². The van der Waals surface area contributed by atoms with Crippen molar-refractivity contribution in [3.63, 3.8) is 0 Å². The van der Waals surface area contributed by atoms with Gasteiger partial charge in [0.25, 0.3) is 0 Å². The van der Waals surface area contributed by atoms with E-state index in [4.69, 9.17) is 4.74 Å². The molecular formula is C46H71KO6. The summed E-state index contributed by atoms with van der Waals surface area (Å²) in [5, 5.41) is 31.2. The van der Waals surface area contributed by atoms with Crippen LogP contribution in [0.2, 0.25) is 0 Å². The van der Waals surface area contributed by atoms with E-state index in [1.165, 1.54) is 66.0 Å². The van der Waals surface area contributed by atoms with Gasteiger partial charge in [0.05, 0.1) is 18.3 Å². The van der Waals surface area contributed by atoms with Crippen LogP contribution in [0.4, 0.5) is 0 Å². The van der Waals surface area contributed by atoms with Crippen LogP contribution in [0, 0.1) is 49.4 Å². The quantitative estimate of drug-likeness (QED) is 0.112. The maximum Gasteiger partial charge on any atom is 1.00 e. The molecule has 2 aromatic rings. The van der Waals surface area contributed by atoms with Crippen LogP contribution in [-0.4, -0.2) is 51.2 Å². The normalized spacial score (nSPS) is 27.7. The van der Waals surface area contributed by atoms with Gasteiger partial charge in [-0.25, -0.2) is 0 Å². The fourth-order valence-corrected chi connectivity index (χ4v) is 10.7. The maximum absolute atomic E-state index is 11.7. The number of aliphatic hydroxyl groups excluding tert-OH is 3. The molecular weight excluding hydrogens is 688 g/mol. The molecule has 2 fully saturated rings. The summed E-state index contributed by atoms with van der Waals surface area (Å²) in [6.45, 7) is 10.3. The molecule has 2 saturated carbocycles. The molecule has 0 heterocycles. The number of hydrogen-bond acceptors (Lipinski definition) is 6. The van der Waals surface area contributed by atoms with Gasteiger partial charge in [-0.3, -0.25) is 4.79 Å². The van der Waals surface area contributed by atoms with E-state index in [1.54, 1.807) is 0 Å². The number of aryl methyl sites for hydroxylation is 2. The van der Waals surface area contributed by atoms with E-state index in [9.17, 15) is 20.1 Å². The summed E-state index contributed by atoms with van der Waals surface area (Å²) in [5.74, 6) is 3.02. The van der Waals surface area contributed by atoms with Crippen LogP contribution < -0.4 is 51.4 Å². The molecule has 0 unspecified atom stereocenters. The number of carbonyl (C=O) groups excluding carboxylic acids is 1. The number of benzene rings is 2. The van der Waals surface area contributed by atoms with Gasteiger partial charge in [-0.05, 0) is 160 Å². The molecule has 10 atom stereocenters. The average Bonchev–Trinajstić information content (AvgIpc) is 3.59. The molecule has 0 radical (unpaired) electrons. The van der Waals surface area contributed by atoms with E-state index >= 15 is 0 Å². The van der Waals surface area contributed by atoms with Crippen molar-refractivity contribution in [1.29, 1.82) is 0 Å². The summed E-state index contributed by atoms with van der Waals surface area (Å²) < 4.78 is 5.76. The molecule has 0 aromatic heterocycles. The molecule has 6 rings (SSSR count). The molecule has 0 spiro atoms. The second kappa shape index (κ2) is 23.0. The third-order valence-corrected chi connectivity index (χ3v) is 13.5. The standard InChI is InChI=1S/C24H36O3.C22H34O2.K.H2O/c1-4-5-6-10-20(26)11-12-21-23-13-18-9-7-8-16(2)22(18)14-19(23)15-24(21)27-17(3)25;1-3-4-5-9-18(23)10-11-19-21-12-16-8-6-7-15(2)20(16)13-17(21)14-22(19)24;;/h7-9,19-21,23-24,26H,4-6,10-15H2,1-3H3;6-8,17-19,21-24H,3-5,9-14H2,1-2H3;;1H2/q;;+1;/p-1/t19-,20-,21+,23-,24+;17-,18-,19+,21-,22+;;/m00../s1. The Kier molecular flexibility index (Phi) is 20.3. The molecule has 6 nitrogen and oxygen atoms in total. The third kappa shape index (κ3) is 12.7. The summed E-state index contributed by atoms with van der Waals surface area (Å²) in [6, 6.07) is 13.3. The van der Waals surface area contributed by atoms with Crippen LogP contribution in [0.5, 0.6) is 0 Å². The minimum absolute atomic E-state index is 0. The molecule has 0 bridgehead atoms. The molecule has 4 N–H and O–H groups in total. The van der Waals surface area contributed by atoms with Crippen molar-refractivity contribution in [2.24, 2.45) is 35.5 Å². The largest absolute Gasteiger partial charge is 1.00 e. The van der Waals surface area contributed by atoms with Crippen molar-refractivity contribution < 1.29 is 81.7 Å². The second-order valence-corrected chi connectivity index (χ2v) is 17.1. The number of carbonyl (C=O) groups is 1. The van der Waals surface area contributed by atoms with Crippen molar-refractivity contribution in [1.82, 2.24) is 0 Å². The topological polar surface area (TPSA) is 117 Å². The number of rotatable bonds is 15. The number of esters is 1. The van der Waals surface area contributed by atoms with E-state index in [0.717, 1.165) is 89.9 Å². The Hall–Kier alpha value is -0.614. The fourth-order valence-electron chi connectivity index (χ4n) is 10.7. The predicted octanol–water partition coefficient (Wildman–Crippen LogP) is 6.25. The average molecular weight is 759 g/mol. The van der Waals surface area contributed by atoms with Crippen LogP contribution >= 0.6 is 0 Å². The molecule has 53 heavy (non-hydrogen) atoms. The fraction of sp³-hybridized carbons (Fsp3) is 0.717. The Labute approximate surface area is 364 Å². The molecule has 2 aromatic carbocycles. The van der Waals surface area contributed by atoms with Gasteiger partial charge in [-0.1, -0.05) is 88.8 Å². The van der Waals surface area contributed by atoms with Crippen LogP contribution in [0.15, 0.2) is 36.4 Å². The first-order valence-electron chi connectivity index (χ1n) is 21.0. The monoisotopic (exact) mass is 758 g/mol. The predicted molar refractivity (Wildman–Crippen MR) is 210 cm³/mol. The molecule has 0 saturated heterocycles. The van der Waals surface area contributed by atoms with Gasteiger partial charge in [0.1, 0.15) is 6.10 Å². The van der Waals surface area contributed by atoms with Crippen molar-refractivity contribution in [3.8, 4) is 0 Å². The van der Waals surface area contributed by atoms with Gasteiger partial charge in [-0.15, -0.1) is 0 Å². The van der Waals surface area contributed by atoms with Crippen LogP contribution in [0.25, 0.3) is 0 Å². The summed E-state index contributed by atoms with van der Waals surface area (Å²) in [6.07, 6.45) is 18.3. The maximum atomic E-state index is 11.7. The summed E-state index contributed by atoms with van der Waals surface area (Å²) in [5.41, 5.74) is 8.83. The van der Waals surface area contributed by atoms with Crippen LogP contribution in [-0.2, 0) is 35.2 Å². The zero-order chi connectivity index (χ0) is 36.5. The van der Waals surface area contributed by atoms with Gasteiger partial charge >= 0.3 is 57.4 Å². The van der Waals surface area contributed by atoms with E-state index < -0.39 is 0 Å². The number of ether oxygens (including phenoxy) is 1. The van der Waals surface area contributed by atoms with Gasteiger partial charge in [0.15, 0.2) is 0 Å². The Morgan fingerprint density at radius 3 is 1.68 bits per heavy atom. The first kappa shape index (κ1) is 46.8. The Balaban J connectivity index is 0.000000277. The SMILES string of the molecule is CCCCC[C@H](O)CC[C@@H]1[C@H]2Cc3cccc(C)c3C[C@H]2C[C@H]1O.CCCCC[C@H](O)CC[C@@H]1[C@H]2Cc3cccc(C)c3C[C@H]2C[C@H]1OC(C)=O.[K+].[OH-]. The Bertz CT molecular complexity index is 1400. The molecule has 0 aliphatic heterocycles. The minimum Gasteiger partial charge on any atom is -0.870 e. The Morgan fingerprint density at radius 2 is 1.19 bits per heavy atom. The zero-order valence-electron chi connectivity index (χ0n) is 34.1. The number of fused-ring (bicyclic) bond motifs is 4. The number of hydrogen-bond donors (Lipinski definition) is 3. The minimum atomic E-state index is -0.216. The van der Waals surface area contributed by atoms with E-state index in [1.807, 2.05) is 0 Å². The zero-order valence-corrected chi connectivity index (χ0v) is 37.2. The van der Waals surface area contributed by atoms with Gasteiger partial charge in [0.2, 0.25) is 0 Å². The van der Waals surface area contributed by atoms with Gasteiger partial charge in [0, 0.05) is 6.92 Å². The summed E-state index contributed by atoms with van der Waals surface area (Å²) >= 11 is 0. The summed E-state index contributed by atoms with van der Waals surface area (Å²) in [4.78, 5) is 11.7. The molecule has 292 valence electrons. The van der Waals surface area contributed by atoms with E-state index in [2.05, 4.69) is 64.1 Å². The third-order valence-electron chi connectivity index (χ3n) is 13.5. The van der Waals surface area contributed by atoms with Crippen molar-refractivity contribution in [3.05, 3.63) is 69.8 Å².